The molecule has 0 saturated carbocycles. The Kier molecular flexibility index (Phi) is 4.87. The number of fused-ring (bicyclic) bond motifs is 3. The second kappa shape index (κ2) is 7.18. The van der Waals surface area contributed by atoms with Gasteiger partial charge in [0.1, 0.15) is 11.5 Å². The fourth-order valence-electron chi connectivity index (χ4n) is 4.82. The lowest BCUT2D eigenvalue weighted by atomic mass is 9.65. The van der Waals surface area contributed by atoms with Crippen molar-refractivity contribution in [2.45, 2.75) is 43.8 Å². The number of aliphatic hydroxyl groups is 2. The fraction of sp³-hybridized carbons (Fsp3) is 0.348. The number of methoxy groups -OCH3 is 1. The standard InChI is InChI=1S/C23H22O8/c1-3-23(30)9-13(24)16-15(12(23)8-14(25)31-2)21(28)17-18(22(16)29)20(27)11-7-5-4-6-10(11)19(17)26/h4-7,12-13,24,28-30H,3,8-9H2,1-2H3/t12-,13+,23-/m1/s1. The fourth-order valence-corrected chi connectivity index (χ4v) is 4.82. The van der Waals surface area contributed by atoms with E-state index in [-0.39, 0.29) is 41.5 Å². The summed E-state index contributed by atoms with van der Waals surface area (Å²) in [6.45, 7) is 1.65. The third-order valence-corrected chi connectivity index (χ3v) is 6.48. The summed E-state index contributed by atoms with van der Waals surface area (Å²) in [6, 6.07) is 6.04. The summed E-state index contributed by atoms with van der Waals surface area (Å²) >= 11 is 0. The number of carbonyl (C=O) groups excluding carboxylic acids is 3. The monoisotopic (exact) mass is 426 g/mol. The maximum Gasteiger partial charge on any atom is 0.306 e. The van der Waals surface area contributed by atoms with Crippen molar-refractivity contribution in [2.24, 2.45) is 0 Å². The molecular formula is C23H22O8. The number of phenolic OH excluding ortho intramolecular Hbond substituents is 2. The van der Waals surface area contributed by atoms with E-state index in [9.17, 15) is 34.8 Å². The summed E-state index contributed by atoms with van der Waals surface area (Å²) in [5.41, 5.74) is -2.54. The molecule has 0 saturated heterocycles. The van der Waals surface area contributed by atoms with Crippen LogP contribution in [0.25, 0.3) is 0 Å². The lowest BCUT2D eigenvalue weighted by molar-refractivity contribution is -0.144. The number of ketones is 2. The van der Waals surface area contributed by atoms with Gasteiger partial charge < -0.3 is 25.2 Å². The van der Waals surface area contributed by atoms with E-state index in [1.165, 1.54) is 19.2 Å². The topological polar surface area (TPSA) is 141 Å². The normalized spacial score (nSPS) is 24.3. The molecule has 162 valence electrons. The molecule has 0 aromatic heterocycles. The molecule has 2 aromatic rings. The van der Waals surface area contributed by atoms with Crippen molar-refractivity contribution < 1.29 is 39.5 Å². The van der Waals surface area contributed by atoms with Crippen molar-refractivity contribution in [1.82, 2.24) is 0 Å². The number of ether oxygens (including phenoxy) is 1. The molecule has 4 N–H and O–H groups in total. The molecule has 8 nitrogen and oxygen atoms in total. The molecule has 2 aromatic carbocycles. The highest BCUT2D eigenvalue weighted by molar-refractivity contribution is 6.30. The molecule has 31 heavy (non-hydrogen) atoms. The zero-order valence-corrected chi connectivity index (χ0v) is 17.0. The van der Waals surface area contributed by atoms with E-state index in [1.54, 1.807) is 19.1 Å². The molecule has 0 bridgehead atoms. The molecule has 0 spiro atoms. The highest BCUT2D eigenvalue weighted by atomic mass is 16.5. The van der Waals surface area contributed by atoms with E-state index < -0.39 is 57.8 Å². The largest absolute Gasteiger partial charge is 0.507 e. The molecule has 3 atom stereocenters. The quantitative estimate of drug-likeness (QED) is 0.369. The Labute approximate surface area is 177 Å². The number of aromatic hydroxyl groups is 2. The summed E-state index contributed by atoms with van der Waals surface area (Å²) in [5, 5.41) is 44.1. The maximum atomic E-state index is 13.2. The molecule has 0 fully saturated rings. The van der Waals surface area contributed by atoms with E-state index >= 15 is 0 Å². The van der Waals surface area contributed by atoms with Crippen molar-refractivity contribution in [2.75, 3.05) is 7.11 Å². The molecule has 0 radical (unpaired) electrons. The summed E-state index contributed by atoms with van der Waals surface area (Å²) in [5.74, 6) is -4.33. The smallest absolute Gasteiger partial charge is 0.306 e. The van der Waals surface area contributed by atoms with Gasteiger partial charge in [0.2, 0.25) is 0 Å². The van der Waals surface area contributed by atoms with Crippen molar-refractivity contribution in [1.29, 1.82) is 0 Å². The summed E-state index contributed by atoms with van der Waals surface area (Å²) in [4.78, 5) is 38.3. The maximum absolute atomic E-state index is 13.2. The Hall–Kier alpha value is -3.23. The van der Waals surface area contributed by atoms with Crippen LogP contribution in [0.4, 0.5) is 0 Å². The first kappa shape index (κ1) is 21.0. The zero-order chi connectivity index (χ0) is 22.7. The number of hydrogen-bond donors (Lipinski definition) is 4. The van der Waals surface area contributed by atoms with Gasteiger partial charge in [0.15, 0.2) is 11.6 Å². The van der Waals surface area contributed by atoms with Crippen LogP contribution in [0.3, 0.4) is 0 Å². The van der Waals surface area contributed by atoms with E-state index in [1.807, 2.05) is 0 Å². The summed E-state index contributed by atoms with van der Waals surface area (Å²) in [7, 11) is 1.18. The Morgan fingerprint density at radius 1 is 1.06 bits per heavy atom. The van der Waals surface area contributed by atoms with Gasteiger partial charge in [-0.25, -0.2) is 0 Å². The van der Waals surface area contributed by atoms with Gasteiger partial charge >= 0.3 is 5.97 Å². The van der Waals surface area contributed by atoms with Crippen molar-refractivity contribution >= 4 is 17.5 Å². The molecule has 4 rings (SSSR count). The molecule has 0 heterocycles. The number of phenols is 2. The average molecular weight is 426 g/mol. The lowest BCUT2D eigenvalue weighted by Gasteiger charge is -2.43. The minimum absolute atomic E-state index is 0.0706. The SMILES string of the molecule is CC[C@@]1(O)C[C@H](O)c2c(O)c3c(c(O)c2[C@H]1CC(=O)OC)C(=O)c1ccccc1C3=O. The van der Waals surface area contributed by atoms with Gasteiger partial charge in [0.05, 0.1) is 36.4 Å². The van der Waals surface area contributed by atoms with E-state index in [2.05, 4.69) is 0 Å². The predicted molar refractivity (Wildman–Crippen MR) is 107 cm³/mol. The van der Waals surface area contributed by atoms with E-state index in [0.29, 0.717) is 0 Å². The first-order valence-electron chi connectivity index (χ1n) is 9.93. The lowest BCUT2D eigenvalue weighted by Crippen LogP contribution is -2.43. The Morgan fingerprint density at radius 3 is 2.06 bits per heavy atom. The highest BCUT2D eigenvalue weighted by Crippen LogP contribution is 2.56. The zero-order valence-electron chi connectivity index (χ0n) is 17.0. The van der Waals surface area contributed by atoms with Crippen LogP contribution in [0.2, 0.25) is 0 Å². The van der Waals surface area contributed by atoms with Gasteiger partial charge in [-0.05, 0) is 6.42 Å². The number of aliphatic hydroxyl groups excluding tert-OH is 1. The van der Waals surface area contributed by atoms with Gasteiger partial charge in [-0.15, -0.1) is 0 Å². The molecule has 2 aliphatic carbocycles. The van der Waals surface area contributed by atoms with Gasteiger partial charge in [0.25, 0.3) is 0 Å². The van der Waals surface area contributed by atoms with Crippen molar-refractivity contribution in [3.8, 4) is 11.5 Å². The Balaban J connectivity index is 2.05. The second-order valence-corrected chi connectivity index (χ2v) is 7.99. The third-order valence-electron chi connectivity index (χ3n) is 6.48. The number of rotatable bonds is 3. The minimum Gasteiger partial charge on any atom is -0.507 e. The minimum atomic E-state index is -1.61. The van der Waals surface area contributed by atoms with Gasteiger partial charge in [-0.1, -0.05) is 31.2 Å². The first-order chi connectivity index (χ1) is 14.7. The average Bonchev–Trinajstić information content (AvgIpc) is 2.76. The Morgan fingerprint density at radius 2 is 1.58 bits per heavy atom. The van der Waals surface area contributed by atoms with Gasteiger partial charge in [-0.3, -0.25) is 14.4 Å². The van der Waals surface area contributed by atoms with Crippen LogP contribution in [0.5, 0.6) is 11.5 Å². The molecule has 8 heteroatoms. The van der Waals surface area contributed by atoms with E-state index in [4.69, 9.17) is 4.74 Å². The van der Waals surface area contributed by atoms with Crippen LogP contribution in [0, 0.1) is 0 Å². The number of benzene rings is 2. The molecule has 0 amide bonds. The molecule has 0 unspecified atom stereocenters. The molecular weight excluding hydrogens is 404 g/mol. The Bertz CT molecular complexity index is 1130. The van der Waals surface area contributed by atoms with Crippen LogP contribution in [-0.2, 0) is 9.53 Å². The number of hydrogen-bond acceptors (Lipinski definition) is 8. The van der Waals surface area contributed by atoms with Crippen molar-refractivity contribution in [3.05, 3.63) is 57.6 Å². The van der Waals surface area contributed by atoms with Crippen LogP contribution >= 0.6 is 0 Å². The van der Waals surface area contributed by atoms with Crippen LogP contribution in [0.15, 0.2) is 24.3 Å². The van der Waals surface area contributed by atoms with Crippen LogP contribution in [-0.4, -0.2) is 50.7 Å². The van der Waals surface area contributed by atoms with Crippen molar-refractivity contribution in [3.63, 3.8) is 0 Å². The van der Waals surface area contributed by atoms with E-state index in [0.717, 1.165) is 0 Å². The summed E-state index contributed by atoms with van der Waals surface area (Å²) in [6.07, 6.45) is -1.89. The van der Waals surface area contributed by atoms with Gasteiger partial charge in [0, 0.05) is 34.6 Å². The molecule has 0 aliphatic heterocycles. The highest BCUT2D eigenvalue weighted by Gasteiger charge is 2.50. The number of esters is 1. The predicted octanol–water partition coefficient (Wildman–Crippen LogP) is 2.10. The first-order valence-corrected chi connectivity index (χ1v) is 9.93. The number of carbonyl (C=O) groups is 3. The van der Waals surface area contributed by atoms with Crippen LogP contribution in [0.1, 0.15) is 81.2 Å². The molecule has 2 aliphatic rings. The summed E-state index contributed by atoms with van der Waals surface area (Å²) < 4.78 is 4.72. The van der Waals surface area contributed by atoms with Gasteiger partial charge in [-0.2, -0.15) is 0 Å². The third kappa shape index (κ3) is 2.86. The van der Waals surface area contributed by atoms with Crippen LogP contribution < -0.4 is 0 Å². The second-order valence-electron chi connectivity index (χ2n) is 7.99.